The van der Waals surface area contributed by atoms with Crippen LogP contribution in [-0.2, 0) is 22.6 Å². The van der Waals surface area contributed by atoms with Gasteiger partial charge in [0.15, 0.2) is 0 Å². The van der Waals surface area contributed by atoms with Gasteiger partial charge in [0.1, 0.15) is 0 Å². The van der Waals surface area contributed by atoms with Crippen molar-refractivity contribution in [1.82, 2.24) is 10.2 Å². The summed E-state index contributed by atoms with van der Waals surface area (Å²) in [4.78, 5) is 15.9. The van der Waals surface area contributed by atoms with Crippen LogP contribution in [0.15, 0.2) is 41.8 Å². The number of hydrogen-bond acceptors (Lipinski definition) is 4. The molecular formula is C20H28N2O2S. The predicted molar refractivity (Wildman–Crippen MR) is 104 cm³/mol. The van der Waals surface area contributed by atoms with Crippen LogP contribution in [0.1, 0.15) is 29.3 Å². The van der Waals surface area contributed by atoms with Crippen molar-refractivity contribution < 1.29 is 9.53 Å². The van der Waals surface area contributed by atoms with Crippen LogP contribution in [-0.4, -0.2) is 37.1 Å². The molecule has 0 aliphatic heterocycles. The summed E-state index contributed by atoms with van der Waals surface area (Å²) in [6.45, 7) is 8.03. The first-order valence-electron chi connectivity index (χ1n) is 8.83. The van der Waals surface area contributed by atoms with E-state index in [2.05, 4.69) is 35.8 Å². The first-order valence-corrected chi connectivity index (χ1v) is 9.71. The van der Waals surface area contributed by atoms with Crippen molar-refractivity contribution in [3.05, 3.63) is 57.8 Å². The molecule has 0 atom stereocenters. The van der Waals surface area contributed by atoms with E-state index in [1.807, 2.05) is 30.0 Å². The summed E-state index contributed by atoms with van der Waals surface area (Å²) >= 11 is 1.71. The van der Waals surface area contributed by atoms with Crippen LogP contribution in [0.5, 0.6) is 0 Å². The topological polar surface area (TPSA) is 41.6 Å². The van der Waals surface area contributed by atoms with Crippen LogP contribution < -0.4 is 5.32 Å². The van der Waals surface area contributed by atoms with Crippen molar-refractivity contribution in [2.24, 2.45) is 0 Å². The lowest BCUT2D eigenvalue weighted by Gasteiger charge is -2.23. The van der Waals surface area contributed by atoms with Crippen molar-refractivity contribution in [2.45, 2.75) is 33.4 Å². The summed E-state index contributed by atoms with van der Waals surface area (Å²) < 4.78 is 5.32. The maximum Gasteiger partial charge on any atom is 0.237 e. The lowest BCUT2D eigenvalue weighted by molar-refractivity contribution is -0.131. The molecule has 0 unspecified atom stereocenters. The van der Waals surface area contributed by atoms with E-state index in [0.29, 0.717) is 19.6 Å². The third-order valence-corrected chi connectivity index (χ3v) is 5.00. The number of thiophene rings is 1. The molecule has 0 aliphatic rings. The Bertz CT molecular complexity index is 628. The molecule has 1 amide bonds. The fourth-order valence-corrected chi connectivity index (χ4v) is 3.45. The van der Waals surface area contributed by atoms with Crippen molar-refractivity contribution in [3.8, 4) is 0 Å². The van der Waals surface area contributed by atoms with Crippen LogP contribution in [0.3, 0.4) is 0 Å². The van der Waals surface area contributed by atoms with E-state index in [9.17, 15) is 4.79 Å². The van der Waals surface area contributed by atoms with Gasteiger partial charge in [0.25, 0.3) is 0 Å². The molecule has 0 bridgehead atoms. The minimum absolute atomic E-state index is 0.132. The molecule has 1 heterocycles. The zero-order valence-corrected chi connectivity index (χ0v) is 16.0. The second kappa shape index (κ2) is 11.0. The van der Waals surface area contributed by atoms with Gasteiger partial charge in [-0.3, -0.25) is 4.79 Å². The maximum absolute atomic E-state index is 12.7. The largest absolute Gasteiger partial charge is 0.382 e. The van der Waals surface area contributed by atoms with Crippen molar-refractivity contribution >= 4 is 17.2 Å². The average molecular weight is 361 g/mol. The van der Waals surface area contributed by atoms with Gasteiger partial charge < -0.3 is 15.0 Å². The van der Waals surface area contributed by atoms with Gasteiger partial charge in [-0.15, -0.1) is 11.3 Å². The summed E-state index contributed by atoms with van der Waals surface area (Å²) in [6, 6.07) is 12.3. The molecule has 1 aromatic carbocycles. The summed E-state index contributed by atoms with van der Waals surface area (Å²) in [7, 11) is 0. The Balaban J connectivity index is 1.91. The quantitative estimate of drug-likeness (QED) is 0.623. The van der Waals surface area contributed by atoms with Gasteiger partial charge in [-0.25, -0.2) is 0 Å². The van der Waals surface area contributed by atoms with Gasteiger partial charge >= 0.3 is 0 Å². The van der Waals surface area contributed by atoms with E-state index < -0.39 is 0 Å². The number of nitrogens with zero attached hydrogens (tertiary/aromatic N) is 1. The maximum atomic E-state index is 12.7. The molecule has 0 saturated heterocycles. The highest BCUT2D eigenvalue weighted by Gasteiger charge is 2.16. The zero-order valence-electron chi connectivity index (χ0n) is 15.2. The summed E-state index contributed by atoms with van der Waals surface area (Å²) in [5.74, 6) is 0.132. The Hall–Kier alpha value is -1.69. The third kappa shape index (κ3) is 6.98. The number of hydrogen-bond donors (Lipinski definition) is 1. The molecule has 0 aliphatic carbocycles. The van der Waals surface area contributed by atoms with Crippen molar-refractivity contribution in [2.75, 3.05) is 26.3 Å². The highest BCUT2D eigenvalue weighted by molar-refractivity contribution is 7.10. The minimum atomic E-state index is 0.132. The van der Waals surface area contributed by atoms with Gasteiger partial charge in [-0.1, -0.05) is 30.3 Å². The smallest absolute Gasteiger partial charge is 0.237 e. The van der Waals surface area contributed by atoms with Crippen LogP contribution >= 0.6 is 11.3 Å². The van der Waals surface area contributed by atoms with Gasteiger partial charge in [0, 0.05) is 24.6 Å². The number of benzene rings is 1. The first kappa shape index (κ1) is 19.6. The summed E-state index contributed by atoms with van der Waals surface area (Å²) in [6.07, 6.45) is 0.920. The van der Waals surface area contributed by atoms with E-state index in [-0.39, 0.29) is 5.91 Å². The van der Waals surface area contributed by atoms with E-state index in [1.165, 1.54) is 10.4 Å². The molecule has 0 spiro atoms. The van der Waals surface area contributed by atoms with Crippen molar-refractivity contribution in [3.63, 3.8) is 0 Å². The Morgan fingerprint density at radius 1 is 1.20 bits per heavy atom. The monoisotopic (exact) mass is 360 g/mol. The average Bonchev–Trinajstić information content (AvgIpc) is 3.03. The molecule has 4 nitrogen and oxygen atoms in total. The lowest BCUT2D eigenvalue weighted by atomic mass is 10.2. The molecule has 136 valence electrons. The van der Waals surface area contributed by atoms with Gasteiger partial charge in [-0.2, -0.15) is 0 Å². The molecule has 25 heavy (non-hydrogen) atoms. The second-order valence-electron chi connectivity index (χ2n) is 5.99. The minimum Gasteiger partial charge on any atom is -0.382 e. The van der Waals surface area contributed by atoms with E-state index in [4.69, 9.17) is 4.74 Å². The fraction of sp³-hybridized carbons (Fsp3) is 0.450. The summed E-state index contributed by atoms with van der Waals surface area (Å²) in [5, 5.41) is 5.32. The molecule has 5 heteroatoms. The molecule has 2 rings (SSSR count). The highest BCUT2D eigenvalue weighted by atomic mass is 32.1. The fourth-order valence-electron chi connectivity index (χ4n) is 2.53. The third-order valence-electron chi connectivity index (χ3n) is 3.99. The predicted octanol–water partition coefficient (Wildman–Crippen LogP) is 3.60. The lowest BCUT2D eigenvalue weighted by Crippen LogP contribution is -2.37. The number of ether oxygens (including phenoxy) is 1. The van der Waals surface area contributed by atoms with Gasteiger partial charge in [0.05, 0.1) is 13.1 Å². The van der Waals surface area contributed by atoms with E-state index in [1.54, 1.807) is 11.3 Å². The van der Waals surface area contributed by atoms with Gasteiger partial charge in [-0.05, 0) is 49.4 Å². The van der Waals surface area contributed by atoms with E-state index >= 15 is 0 Å². The van der Waals surface area contributed by atoms with Crippen LogP contribution in [0.4, 0.5) is 0 Å². The SMILES string of the molecule is CCOCCCNCC(=O)N(Cc1ccccc1)Cc1sccc1C. The Kier molecular flexibility index (Phi) is 8.66. The number of amides is 1. The Morgan fingerprint density at radius 3 is 2.68 bits per heavy atom. The van der Waals surface area contributed by atoms with Crippen LogP contribution in [0, 0.1) is 6.92 Å². The number of carbonyl (C=O) groups is 1. The van der Waals surface area contributed by atoms with Gasteiger partial charge in [0.2, 0.25) is 5.91 Å². The van der Waals surface area contributed by atoms with Crippen molar-refractivity contribution in [1.29, 1.82) is 0 Å². The highest BCUT2D eigenvalue weighted by Crippen LogP contribution is 2.19. The number of carbonyl (C=O) groups excluding carboxylic acids is 1. The first-order chi connectivity index (χ1) is 12.2. The molecule has 1 aromatic heterocycles. The molecule has 0 saturated carbocycles. The zero-order chi connectivity index (χ0) is 17.9. The summed E-state index contributed by atoms with van der Waals surface area (Å²) in [5.41, 5.74) is 2.40. The number of nitrogens with one attached hydrogen (secondary N) is 1. The van der Waals surface area contributed by atoms with E-state index in [0.717, 1.165) is 31.7 Å². The molecular weight excluding hydrogens is 332 g/mol. The molecule has 0 fully saturated rings. The second-order valence-corrected chi connectivity index (χ2v) is 6.99. The Morgan fingerprint density at radius 2 is 2.00 bits per heavy atom. The normalized spacial score (nSPS) is 10.8. The molecule has 2 aromatic rings. The molecule has 1 N–H and O–H groups in total. The molecule has 0 radical (unpaired) electrons. The van der Waals surface area contributed by atoms with Crippen LogP contribution in [0.2, 0.25) is 0 Å². The van der Waals surface area contributed by atoms with Crippen LogP contribution in [0.25, 0.3) is 0 Å². The standard InChI is InChI=1S/C20H28N2O2S/c1-3-24-12-7-11-21-14-20(23)22(15-18-8-5-4-6-9-18)16-19-17(2)10-13-25-19/h4-6,8-10,13,21H,3,7,11-12,14-16H2,1-2H3. The number of rotatable bonds is 11. The Labute approximate surface area is 154 Å². The number of aryl methyl sites for hydroxylation is 1.